The topological polar surface area (TPSA) is 107 Å². The number of carbonyl (C=O) groups is 2. The number of nitrogen functional groups attached to an aromatic ring is 1. The number of halogens is 8. The first kappa shape index (κ1) is 43.9. The molecule has 4 N–H and O–H groups in total. The standard InChI is InChI=1S/C15H9F5N2OS.C7H3ClF2O.C7H9N.CNS.K/c16-11-5-4-8(6-12(11)17)13(23)22-14(24)21-10-3-1-2-9(7-10)15(18,19)20;8-7(11)4-1-2-5(9)6(10)3-4;1-6-3-2-4-7(8)5-6;2-1-3;/h1-7H,(H2,21,22,23,24);1-3H;2-5H,8H2,1H3;;/q;;;-1;+1. The van der Waals surface area contributed by atoms with Gasteiger partial charge in [0.25, 0.3) is 11.1 Å². The van der Waals surface area contributed by atoms with Gasteiger partial charge in [0, 0.05) is 22.5 Å². The zero-order valence-corrected chi connectivity index (χ0v) is 29.8. The van der Waals surface area contributed by atoms with E-state index in [1.165, 1.54) is 22.9 Å². The van der Waals surface area contributed by atoms with E-state index >= 15 is 0 Å². The van der Waals surface area contributed by atoms with Gasteiger partial charge in [0.05, 0.1) is 5.56 Å². The van der Waals surface area contributed by atoms with Crippen LogP contribution in [0.2, 0.25) is 0 Å². The fourth-order valence-corrected chi connectivity index (χ4v) is 3.36. The number of amides is 1. The minimum atomic E-state index is -4.52. The maximum Gasteiger partial charge on any atom is 1.00 e. The van der Waals surface area contributed by atoms with E-state index in [1.807, 2.05) is 31.2 Å². The molecule has 0 spiro atoms. The quantitative estimate of drug-likeness (QED) is 0.0623. The van der Waals surface area contributed by atoms with E-state index in [4.69, 9.17) is 35.0 Å². The Morgan fingerprint density at radius 1 is 0.830 bits per heavy atom. The number of hydrogen-bond acceptors (Lipinski definition) is 5. The summed E-state index contributed by atoms with van der Waals surface area (Å²) in [5.41, 5.74) is 6.39. The number of aryl methyl sites for hydroxylation is 1. The number of isothiocyanates is 1. The second-order valence-corrected chi connectivity index (χ2v) is 9.46. The zero-order valence-electron chi connectivity index (χ0n) is 24.3. The van der Waals surface area contributed by atoms with E-state index in [1.54, 1.807) is 0 Å². The molecule has 6 nitrogen and oxygen atoms in total. The van der Waals surface area contributed by atoms with Crippen LogP contribution >= 0.6 is 36.0 Å². The number of carbonyl (C=O) groups excluding carboxylic acids is 2. The molecular formula is C30H21ClF7KN4O2S2. The molecule has 1 amide bonds. The van der Waals surface area contributed by atoms with Crippen molar-refractivity contribution >= 4 is 68.8 Å². The number of rotatable bonds is 3. The van der Waals surface area contributed by atoms with Crippen LogP contribution in [0, 0.1) is 30.2 Å². The number of benzene rings is 4. The van der Waals surface area contributed by atoms with Crippen molar-refractivity contribution in [1.82, 2.24) is 5.32 Å². The molecule has 0 saturated heterocycles. The monoisotopic (exact) mass is 740 g/mol. The first-order valence-corrected chi connectivity index (χ1v) is 13.4. The zero-order chi connectivity index (χ0) is 35.0. The fraction of sp³-hybridized carbons (Fsp3) is 0.0667. The van der Waals surface area contributed by atoms with E-state index in [2.05, 4.69) is 22.9 Å². The van der Waals surface area contributed by atoms with Crippen molar-refractivity contribution in [3.63, 3.8) is 0 Å². The van der Waals surface area contributed by atoms with Crippen LogP contribution in [0.4, 0.5) is 42.1 Å². The van der Waals surface area contributed by atoms with Crippen LogP contribution in [-0.2, 0) is 6.18 Å². The number of nitrogens with two attached hydrogens (primary N) is 1. The summed E-state index contributed by atoms with van der Waals surface area (Å²) in [5.74, 6) is -5.22. The molecule has 4 aromatic carbocycles. The summed E-state index contributed by atoms with van der Waals surface area (Å²) in [6, 6.07) is 17.2. The van der Waals surface area contributed by atoms with Crippen LogP contribution in [0.5, 0.6) is 0 Å². The Hall–Kier alpha value is -3.05. The molecule has 0 radical (unpaired) electrons. The second kappa shape index (κ2) is 21.7. The summed E-state index contributed by atoms with van der Waals surface area (Å²) in [6.07, 6.45) is -4.52. The van der Waals surface area contributed by atoms with Crippen LogP contribution in [0.1, 0.15) is 31.8 Å². The average Bonchev–Trinajstić information content (AvgIpc) is 2.96. The molecule has 4 rings (SSSR count). The SMILES string of the molecule is Cc1cccc(N)c1.O=C(Cl)c1ccc(F)c(F)c1.O=C(NC(=S)Nc1cccc(C(F)(F)F)c1)c1ccc(F)c(F)c1.[K+].[N-]=C=S. The molecule has 0 aliphatic heterocycles. The predicted octanol–water partition coefficient (Wildman–Crippen LogP) is 5.69. The number of thiocarbonyl (C=S) groups is 2. The molecule has 4 aromatic rings. The maximum atomic E-state index is 13.1. The summed E-state index contributed by atoms with van der Waals surface area (Å²) in [7, 11) is 0. The summed E-state index contributed by atoms with van der Waals surface area (Å²) >= 11 is 13.5. The Kier molecular flexibility index (Phi) is 20.3. The van der Waals surface area contributed by atoms with E-state index < -0.39 is 46.2 Å². The van der Waals surface area contributed by atoms with E-state index in [9.17, 15) is 40.3 Å². The Labute approximate surface area is 322 Å². The Balaban J connectivity index is 0.000000756. The molecule has 0 aromatic heterocycles. The first-order chi connectivity index (χ1) is 21.5. The van der Waals surface area contributed by atoms with Gasteiger partial charge < -0.3 is 16.5 Å². The fourth-order valence-electron chi connectivity index (χ4n) is 3.04. The molecule has 0 aliphatic carbocycles. The summed E-state index contributed by atoms with van der Waals surface area (Å²) in [5, 5.41) is 12.0. The summed E-state index contributed by atoms with van der Waals surface area (Å²) in [6.45, 7) is 2.02. The van der Waals surface area contributed by atoms with Crippen molar-refractivity contribution in [2.75, 3.05) is 11.1 Å². The minimum absolute atomic E-state index is 0. The normalized spacial score (nSPS) is 9.64. The van der Waals surface area contributed by atoms with Gasteiger partial charge in [-0.25, -0.2) is 17.6 Å². The second-order valence-electron chi connectivity index (χ2n) is 8.52. The minimum Gasteiger partial charge on any atom is -0.753 e. The molecule has 0 bridgehead atoms. The predicted molar refractivity (Wildman–Crippen MR) is 170 cm³/mol. The van der Waals surface area contributed by atoms with Crippen molar-refractivity contribution in [3.8, 4) is 0 Å². The third kappa shape index (κ3) is 17.1. The molecule has 17 heteroatoms. The van der Waals surface area contributed by atoms with Crippen LogP contribution in [0.3, 0.4) is 0 Å². The molecule has 0 unspecified atom stereocenters. The molecule has 0 aliphatic rings. The number of anilines is 2. The van der Waals surface area contributed by atoms with Gasteiger partial charge in [-0.05, 0) is 103 Å². The smallest absolute Gasteiger partial charge is 0.753 e. The van der Waals surface area contributed by atoms with Gasteiger partial charge in [-0.1, -0.05) is 30.4 Å². The van der Waals surface area contributed by atoms with Crippen LogP contribution in [0.15, 0.2) is 84.9 Å². The Bertz CT molecular complexity index is 1710. The molecule has 0 fully saturated rings. The van der Waals surface area contributed by atoms with Crippen LogP contribution in [-0.4, -0.2) is 21.4 Å². The van der Waals surface area contributed by atoms with Gasteiger partial charge in [0.2, 0.25) is 0 Å². The van der Waals surface area contributed by atoms with Gasteiger partial charge in [0.1, 0.15) is 0 Å². The maximum absolute atomic E-state index is 13.1. The van der Waals surface area contributed by atoms with Crippen molar-refractivity contribution < 1.29 is 91.7 Å². The molecule has 0 atom stereocenters. The van der Waals surface area contributed by atoms with Gasteiger partial charge in [-0.3, -0.25) is 14.9 Å². The van der Waals surface area contributed by atoms with Crippen molar-refractivity contribution in [2.24, 2.45) is 0 Å². The van der Waals surface area contributed by atoms with E-state index in [0.29, 0.717) is 6.07 Å². The van der Waals surface area contributed by atoms with Gasteiger partial charge in [0.15, 0.2) is 28.4 Å². The first-order valence-electron chi connectivity index (χ1n) is 12.2. The van der Waals surface area contributed by atoms with Crippen LogP contribution < -0.4 is 67.8 Å². The van der Waals surface area contributed by atoms with Crippen molar-refractivity contribution in [1.29, 1.82) is 0 Å². The molecule has 0 saturated carbocycles. The van der Waals surface area contributed by atoms with E-state index in [-0.39, 0.29) is 73.3 Å². The average molecular weight is 741 g/mol. The van der Waals surface area contributed by atoms with Gasteiger partial charge in [-0.15, -0.1) is 0 Å². The summed E-state index contributed by atoms with van der Waals surface area (Å²) in [4.78, 5) is 22.2. The number of nitrogens with zero attached hydrogens (tertiary/aromatic N) is 1. The largest absolute Gasteiger partial charge is 1.00 e. The Morgan fingerprint density at radius 2 is 1.34 bits per heavy atom. The number of nitrogens with one attached hydrogen (secondary N) is 2. The van der Waals surface area contributed by atoms with E-state index in [0.717, 1.165) is 48.2 Å². The van der Waals surface area contributed by atoms with Crippen molar-refractivity contribution in [2.45, 2.75) is 13.1 Å². The molecular weight excluding hydrogens is 720 g/mol. The van der Waals surface area contributed by atoms with Gasteiger partial charge >= 0.3 is 57.6 Å². The number of alkyl halides is 3. The third-order valence-electron chi connectivity index (χ3n) is 5.05. The van der Waals surface area contributed by atoms with Gasteiger partial charge in [-0.2, -0.15) is 18.3 Å². The number of hydrogen-bond donors (Lipinski definition) is 3. The molecule has 0 heterocycles. The molecule has 47 heavy (non-hydrogen) atoms. The summed E-state index contributed by atoms with van der Waals surface area (Å²) < 4.78 is 88.3. The van der Waals surface area contributed by atoms with Crippen LogP contribution in [0.25, 0.3) is 5.41 Å². The Morgan fingerprint density at radius 3 is 1.79 bits per heavy atom. The molecule has 242 valence electrons. The van der Waals surface area contributed by atoms with Crippen molar-refractivity contribution in [3.05, 3.63) is 136 Å². The third-order valence-corrected chi connectivity index (χ3v) is 5.47.